The standard InChI is InChI=1S/C23H25N5O4S2/c1-23(2,34(5,31)32)12-11-16-7-6-8-17(13-16)27(3)21-19-10-9-18(33(4,29)30)14-20(19)28(15-24)22(25)26-21/h6-10,13-15,24-25H,1-5H3. The van der Waals surface area contributed by atoms with Crippen molar-refractivity contribution in [2.75, 3.05) is 24.5 Å². The number of nitrogens with zero attached hydrogens (tertiary/aromatic N) is 3. The van der Waals surface area contributed by atoms with Gasteiger partial charge in [-0.1, -0.05) is 17.9 Å². The highest BCUT2D eigenvalue weighted by Gasteiger charge is 2.27. The molecule has 34 heavy (non-hydrogen) atoms. The summed E-state index contributed by atoms with van der Waals surface area (Å²) in [6.45, 7) is 3.09. The van der Waals surface area contributed by atoms with Crippen LogP contribution in [0.1, 0.15) is 19.4 Å². The summed E-state index contributed by atoms with van der Waals surface area (Å²) in [7, 11) is -5.12. The third kappa shape index (κ3) is 4.88. The van der Waals surface area contributed by atoms with Crippen molar-refractivity contribution >= 4 is 48.4 Å². The zero-order valence-corrected chi connectivity index (χ0v) is 21.0. The Morgan fingerprint density at radius 3 is 2.35 bits per heavy atom. The molecule has 1 heterocycles. The lowest BCUT2D eigenvalue weighted by Gasteiger charge is -2.21. The van der Waals surface area contributed by atoms with E-state index >= 15 is 0 Å². The second kappa shape index (κ2) is 8.70. The van der Waals surface area contributed by atoms with Crippen molar-refractivity contribution in [3.8, 4) is 11.8 Å². The summed E-state index contributed by atoms with van der Waals surface area (Å²) in [5, 5.41) is 16.5. The SMILES string of the molecule is CN(c1cccc(C#CC(C)(C)S(C)(=O)=O)c1)c1nc(=N)n(C=N)c2cc(S(C)(=O)=O)ccc12. The second-order valence-corrected chi connectivity index (χ2v) is 12.9. The highest BCUT2D eigenvalue weighted by molar-refractivity contribution is 7.92. The molecule has 0 unspecified atom stereocenters. The van der Waals surface area contributed by atoms with Crippen LogP contribution < -0.4 is 10.5 Å². The maximum atomic E-state index is 12.0. The van der Waals surface area contributed by atoms with Gasteiger partial charge in [0.2, 0.25) is 5.62 Å². The van der Waals surface area contributed by atoms with Crippen molar-refractivity contribution in [2.45, 2.75) is 23.5 Å². The lowest BCUT2D eigenvalue weighted by molar-refractivity contribution is 0.581. The molecule has 0 saturated heterocycles. The zero-order chi connectivity index (χ0) is 25.5. The fraction of sp³-hybridized carbons (Fsp3) is 0.261. The smallest absolute Gasteiger partial charge is 0.229 e. The lowest BCUT2D eigenvalue weighted by atomic mass is 10.1. The second-order valence-electron chi connectivity index (χ2n) is 8.35. The van der Waals surface area contributed by atoms with Gasteiger partial charge in [-0.3, -0.25) is 15.4 Å². The average Bonchev–Trinajstić information content (AvgIpc) is 2.75. The minimum Gasteiger partial charge on any atom is -0.329 e. The number of fused-ring (bicyclic) bond motifs is 1. The van der Waals surface area contributed by atoms with E-state index in [0.717, 1.165) is 18.9 Å². The topological polar surface area (TPSA) is 137 Å². The first-order chi connectivity index (χ1) is 15.7. The van der Waals surface area contributed by atoms with Crippen LogP contribution in [0.3, 0.4) is 0 Å². The largest absolute Gasteiger partial charge is 0.329 e. The first-order valence-electron chi connectivity index (χ1n) is 10.0. The van der Waals surface area contributed by atoms with E-state index < -0.39 is 24.4 Å². The average molecular weight is 500 g/mol. The van der Waals surface area contributed by atoms with Gasteiger partial charge in [0.1, 0.15) is 10.6 Å². The third-order valence-electron chi connectivity index (χ3n) is 5.45. The third-order valence-corrected chi connectivity index (χ3v) is 8.52. The lowest BCUT2D eigenvalue weighted by Crippen LogP contribution is -2.28. The van der Waals surface area contributed by atoms with Crippen molar-refractivity contribution in [3.63, 3.8) is 0 Å². The molecule has 2 aromatic carbocycles. The maximum absolute atomic E-state index is 12.0. The number of anilines is 2. The van der Waals surface area contributed by atoms with Crippen molar-refractivity contribution in [2.24, 2.45) is 0 Å². The molecule has 0 fully saturated rings. The van der Waals surface area contributed by atoms with E-state index in [4.69, 9.17) is 10.8 Å². The summed E-state index contributed by atoms with van der Waals surface area (Å²) in [5.74, 6) is 6.11. The van der Waals surface area contributed by atoms with Gasteiger partial charge in [0, 0.05) is 36.2 Å². The van der Waals surface area contributed by atoms with Crippen molar-refractivity contribution in [1.29, 1.82) is 10.8 Å². The number of hydrogen-bond donors (Lipinski definition) is 2. The molecule has 0 saturated carbocycles. The van der Waals surface area contributed by atoms with Crippen LogP contribution in [0.25, 0.3) is 10.9 Å². The molecule has 2 N–H and O–H groups in total. The highest BCUT2D eigenvalue weighted by Crippen LogP contribution is 2.29. The number of aromatic nitrogens is 2. The van der Waals surface area contributed by atoms with Gasteiger partial charge in [0.25, 0.3) is 0 Å². The molecule has 0 radical (unpaired) electrons. The van der Waals surface area contributed by atoms with Crippen LogP contribution >= 0.6 is 0 Å². The van der Waals surface area contributed by atoms with Gasteiger partial charge in [-0.2, -0.15) is 4.98 Å². The van der Waals surface area contributed by atoms with Crippen LogP contribution in [0.4, 0.5) is 11.5 Å². The summed E-state index contributed by atoms with van der Waals surface area (Å²) in [6.07, 6.45) is 3.15. The monoisotopic (exact) mass is 499 g/mol. The minimum absolute atomic E-state index is 0.0700. The number of benzene rings is 2. The van der Waals surface area contributed by atoms with E-state index in [2.05, 4.69) is 16.8 Å². The van der Waals surface area contributed by atoms with Crippen LogP contribution in [0.2, 0.25) is 0 Å². The summed E-state index contributed by atoms with van der Waals surface area (Å²) >= 11 is 0. The quantitative estimate of drug-likeness (QED) is 0.314. The molecule has 11 heteroatoms. The molecule has 178 valence electrons. The molecule has 3 rings (SSSR count). The van der Waals surface area contributed by atoms with Crippen LogP contribution in [0.15, 0.2) is 47.4 Å². The fourth-order valence-corrected chi connectivity index (χ4v) is 3.95. The Labute approximate surface area is 198 Å². The van der Waals surface area contributed by atoms with Crippen LogP contribution in [-0.2, 0) is 19.7 Å². The first-order valence-corrected chi connectivity index (χ1v) is 13.8. The van der Waals surface area contributed by atoms with E-state index in [-0.39, 0.29) is 10.5 Å². The summed E-state index contributed by atoms with van der Waals surface area (Å²) < 4.78 is 47.9. The zero-order valence-electron chi connectivity index (χ0n) is 19.4. The van der Waals surface area contributed by atoms with Crippen LogP contribution in [-0.4, -0.2) is 57.0 Å². The summed E-state index contributed by atoms with van der Waals surface area (Å²) in [6, 6.07) is 11.6. The molecule has 0 atom stereocenters. The van der Waals surface area contributed by atoms with Crippen molar-refractivity contribution < 1.29 is 16.8 Å². The predicted molar refractivity (Wildman–Crippen MR) is 133 cm³/mol. The van der Waals surface area contributed by atoms with Gasteiger partial charge in [-0.05, 0) is 50.2 Å². The molecule has 3 aromatic rings. The number of nitrogens with one attached hydrogen (secondary N) is 2. The van der Waals surface area contributed by atoms with Crippen LogP contribution in [0, 0.1) is 22.7 Å². The Morgan fingerprint density at radius 2 is 1.76 bits per heavy atom. The van der Waals surface area contributed by atoms with Gasteiger partial charge in [0.05, 0.1) is 16.8 Å². The van der Waals surface area contributed by atoms with Crippen molar-refractivity contribution in [3.05, 3.63) is 53.6 Å². The number of sulfone groups is 2. The molecule has 0 aliphatic carbocycles. The Balaban J connectivity index is 2.16. The summed E-state index contributed by atoms with van der Waals surface area (Å²) in [4.78, 5) is 6.12. The molecule has 9 nitrogen and oxygen atoms in total. The first kappa shape index (κ1) is 25.1. The molecule has 1 aromatic heterocycles. The van der Waals surface area contributed by atoms with Crippen molar-refractivity contribution in [1.82, 2.24) is 9.55 Å². The van der Waals surface area contributed by atoms with Gasteiger partial charge in [-0.15, -0.1) is 0 Å². The van der Waals surface area contributed by atoms with Crippen LogP contribution in [0.5, 0.6) is 0 Å². The Hall–Kier alpha value is -3.49. The summed E-state index contributed by atoms with van der Waals surface area (Å²) in [5.41, 5.74) is 1.39. The fourth-order valence-electron chi connectivity index (χ4n) is 3.08. The Kier molecular flexibility index (Phi) is 6.43. The molecule has 0 aliphatic heterocycles. The van der Waals surface area contributed by atoms with Gasteiger partial charge in [0.15, 0.2) is 19.7 Å². The van der Waals surface area contributed by atoms with E-state index in [1.807, 2.05) is 6.07 Å². The Bertz CT molecular complexity index is 1640. The molecule has 0 spiro atoms. The Morgan fingerprint density at radius 1 is 1.09 bits per heavy atom. The minimum atomic E-state index is -3.49. The van der Waals surface area contributed by atoms with Gasteiger partial charge < -0.3 is 4.90 Å². The molecule has 0 amide bonds. The van der Waals surface area contributed by atoms with Gasteiger partial charge >= 0.3 is 0 Å². The van der Waals surface area contributed by atoms with E-state index in [9.17, 15) is 16.8 Å². The van der Waals surface area contributed by atoms with E-state index in [0.29, 0.717) is 28.0 Å². The molecular weight excluding hydrogens is 474 g/mol. The predicted octanol–water partition coefficient (Wildman–Crippen LogP) is 2.32. The highest BCUT2D eigenvalue weighted by atomic mass is 32.2. The van der Waals surface area contributed by atoms with Gasteiger partial charge in [-0.25, -0.2) is 16.8 Å². The van der Waals surface area contributed by atoms with E-state index in [1.165, 1.54) is 16.7 Å². The molecule has 0 aliphatic rings. The molecular formula is C23H25N5O4S2. The number of hydrogen-bond acceptors (Lipinski definition) is 8. The molecule has 0 bridgehead atoms. The maximum Gasteiger partial charge on any atom is 0.229 e. The number of rotatable bonds is 5. The van der Waals surface area contributed by atoms with E-state index in [1.54, 1.807) is 50.1 Å². The normalized spacial score (nSPS) is 12.1.